The third kappa shape index (κ3) is 4.73. The van der Waals surface area contributed by atoms with Crippen molar-refractivity contribution in [3.8, 4) is 5.75 Å². The van der Waals surface area contributed by atoms with Gasteiger partial charge in [0.25, 0.3) is 5.91 Å². The number of carbonyl (C=O) groups is 1. The summed E-state index contributed by atoms with van der Waals surface area (Å²) in [6.07, 6.45) is 0. The monoisotopic (exact) mass is 379 g/mol. The molecule has 5 heteroatoms. The lowest BCUT2D eigenvalue weighted by molar-refractivity contribution is 0.0944. The maximum absolute atomic E-state index is 12.6. The molecule has 1 amide bonds. The Bertz CT molecular complexity index is 914. The van der Waals surface area contributed by atoms with Crippen LogP contribution in [0.4, 0.5) is 0 Å². The number of amides is 1. The van der Waals surface area contributed by atoms with E-state index < -0.39 is 0 Å². The van der Waals surface area contributed by atoms with Crippen LogP contribution < -0.4 is 10.1 Å². The van der Waals surface area contributed by atoms with E-state index in [1.165, 1.54) is 0 Å². The normalized spacial score (nSPS) is 11.1. The molecular formula is C23H29N3O2. The number of aryl methyl sites for hydroxylation is 1. The molecule has 0 atom stereocenters. The molecular weight excluding hydrogens is 350 g/mol. The molecule has 1 aromatic heterocycles. The summed E-state index contributed by atoms with van der Waals surface area (Å²) in [5.74, 6) is 0.736. The minimum atomic E-state index is -0.0624. The van der Waals surface area contributed by atoms with Gasteiger partial charge in [0.2, 0.25) is 0 Å². The standard InChI is InChI=1S/C23H29N3O2/c1-4-26(5-2)14-13-24-23(27)22-17(3)20-15-19(11-12-21(20)25-22)28-16-18-9-7-6-8-10-18/h6-12,15,25H,4-5,13-14,16H2,1-3H3,(H,24,27). The Kier molecular flexibility index (Phi) is 6.71. The summed E-state index contributed by atoms with van der Waals surface area (Å²) in [5, 5.41) is 4.03. The van der Waals surface area contributed by atoms with Gasteiger partial charge in [-0.15, -0.1) is 0 Å². The molecule has 5 nitrogen and oxygen atoms in total. The average Bonchev–Trinajstić information content (AvgIpc) is 3.06. The van der Waals surface area contributed by atoms with E-state index in [-0.39, 0.29) is 5.91 Å². The first kappa shape index (κ1) is 20.0. The molecule has 0 aliphatic rings. The number of hydrogen-bond donors (Lipinski definition) is 2. The first-order valence-corrected chi connectivity index (χ1v) is 9.92. The van der Waals surface area contributed by atoms with Gasteiger partial charge in [0.1, 0.15) is 18.1 Å². The van der Waals surface area contributed by atoms with E-state index in [4.69, 9.17) is 4.74 Å². The van der Waals surface area contributed by atoms with Crippen molar-refractivity contribution in [3.63, 3.8) is 0 Å². The van der Waals surface area contributed by atoms with Gasteiger partial charge in [0.05, 0.1) is 0 Å². The fourth-order valence-corrected chi connectivity index (χ4v) is 3.32. The summed E-state index contributed by atoms with van der Waals surface area (Å²) in [7, 11) is 0. The summed E-state index contributed by atoms with van der Waals surface area (Å²) < 4.78 is 5.92. The van der Waals surface area contributed by atoms with E-state index in [1.54, 1.807) is 0 Å². The Labute approximate surface area is 166 Å². The molecule has 0 unspecified atom stereocenters. The number of benzene rings is 2. The van der Waals surface area contributed by atoms with Crippen LogP contribution in [0.1, 0.15) is 35.5 Å². The molecule has 0 fully saturated rings. The maximum Gasteiger partial charge on any atom is 0.268 e. The van der Waals surface area contributed by atoms with Crippen molar-refractivity contribution in [2.75, 3.05) is 26.2 Å². The lowest BCUT2D eigenvalue weighted by Gasteiger charge is -2.17. The molecule has 28 heavy (non-hydrogen) atoms. The molecule has 0 spiro atoms. The molecule has 148 valence electrons. The number of nitrogens with zero attached hydrogens (tertiary/aromatic N) is 1. The predicted octanol–water partition coefficient (Wildman–Crippen LogP) is 4.13. The number of aromatic nitrogens is 1. The topological polar surface area (TPSA) is 57.4 Å². The molecule has 0 aliphatic carbocycles. The summed E-state index contributed by atoms with van der Waals surface area (Å²) in [4.78, 5) is 18.1. The van der Waals surface area contributed by atoms with Crippen molar-refractivity contribution in [2.45, 2.75) is 27.4 Å². The van der Waals surface area contributed by atoms with Crippen LogP contribution in [0.5, 0.6) is 5.75 Å². The number of rotatable bonds is 9. The molecule has 0 radical (unpaired) electrons. The van der Waals surface area contributed by atoms with E-state index in [2.05, 4.69) is 29.0 Å². The zero-order chi connectivity index (χ0) is 19.9. The van der Waals surface area contributed by atoms with Crippen molar-refractivity contribution in [2.24, 2.45) is 0 Å². The summed E-state index contributed by atoms with van der Waals surface area (Å²) in [5.41, 5.74) is 3.63. The first-order chi connectivity index (χ1) is 13.6. The zero-order valence-electron chi connectivity index (χ0n) is 16.9. The molecule has 1 heterocycles. The minimum absolute atomic E-state index is 0.0624. The highest BCUT2D eigenvalue weighted by Gasteiger charge is 2.15. The first-order valence-electron chi connectivity index (χ1n) is 9.92. The van der Waals surface area contributed by atoms with E-state index in [0.29, 0.717) is 18.8 Å². The van der Waals surface area contributed by atoms with Crippen LogP contribution in [-0.2, 0) is 6.61 Å². The summed E-state index contributed by atoms with van der Waals surface area (Å²) in [6, 6.07) is 16.0. The highest BCUT2D eigenvalue weighted by Crippen LogP contribution is 2.26. The van der Waals surface area contributed by atoms with Crippen LogP contribution in [-0.4, -0.2) is 42.0 Å². The van der Waals surface area contributed by atoms with Gasteiger partial charge in [0.15, 0.2) is 0 Å². The predicted molar refractivity (Wildman–Crippen MR) is 114 cm³/mol. The molecule has 3 rings (SSSR count). The van der Waals surface area contributed by atoms with Crippen molar-refractivity contribution in [3.05, 3.63) is 65.4 Å². The van der Waals surface area contributed by atoms with Gasteiger partial charge < -0.3 is 19.9 Å². The smallest absolute Gasteiger partial charge is 0.268 e. The zero-order valence-corrected chi connectivity index (χ0v) is 16.9. The van der Waals surface area contributed by atoms with Crippen LogP contribution in [0.15, 0.2) is 48.5 Å². The molecule has 0 saturated carbocycles. The SMILES string of the molecule is CCN(CC)CCNC(=O)c1[nH]c2ccc(OCc3ccccc3)cc2c1C. The minimum Gasteiger partial charge on any atom is -0.489 e. The van der Waals surface area contributed by atoms with Crippen molar-refractivity contribution in [1.29, 1.82) is 0 Å². The van der Waals surface area contributed by atoms with Gasteiger partial charge in [0, 0.05) is 24.0 Å². The fourth-order valence-electron chi connectivity index (χ4n) is 3.32. The Hall–Kier alpha value is -2.79. The van der Waals surface area contributed by atoms with Gasteiger partial charge in [-0.25, -0.2) is 0 Å². The highest BCUT2D eigenvalue weighted by atomic mass is 16.5. The van der Waals surface area contributed by atoms with Gasteiger partial charge >= 0.3 is 0 Å². The summed E-state index contributed by atoms with van der Waals surface area (Å²) in [6.45, 7) is 10.2. The molecule has 2 aromatic carbocycles. The third-order valence-electron chi connectivity index (χ3n) is 5.11. The quantitative estimate of drug-likeness (QED) is 0.588. The van der Waals surface area contributed by atoms with Crippen molar-refractivity contribution in [1.82, 2.24) is 15.2 Å². The highest BCUT2D eigenvalue weighted by molar-refractivity contribution is 6.01. The Morgan fingerprint density at radius 3 is 2.57 bits per heavy atom. The maximum atomic E-state index is 12.6. The molecule has 0 bridgehead atoms. The fraction of sp³-hybridized carbons (Fsp3) is 0.348. The molecule has 2 N–H and O–H groups in total. The number of carbonyl (C=O) groups excluding carboxylic acids is 1. The van der Waals surface area contributed by atoms with Gasteiger partial charge in [-0.1, -0.05) is 44.2 Å². The van der Waals surface area contributed by atoms with Crippen LogP contribution >= 0.6 is 0 Å². The third-order valence-corrected chi connectivity index (χ3v) is 5.11. The largest absolute Gasteiger partial charge is 0.489 e. The Morgan fingerprint density at radius 1 is 1.11 bits per heavy atom. The van der Waals surface area contributed by atoms with E-state index in [9.17, 15) is 4.79 Å². The van der Waals surface area contributed by atoms with Crippen molar-refractivity contribution < 1.29 is 9.53 Å². The van der Waals surface area contributed by atoms with Crippen LogP contribution in [0.2, 0.25) is 0 Å². The van der Waals surface area contributed by atoms with E-state index in [0.717, 1.165) is 47.4 Å². The average molecular weight is 380 g/mol. The van der Waals surface area contributed by atoms with Crippen LogP contribution in [0.3, 0.4) is 0 Å². The van der Waals surface area contributed by atoms with E-state index in [1.807, 2.05) is 55.5 Å². The van der Waals surface area contributed by atoms with Crippen LogP contribution in [0, 0.1) is 6.92 Å². The second-order valence-corrected chi connectivity index (χ2v) is 6.89. The number of nitrogens with one attached hydrogen (secondary N) is 2. The number of ether oxygens (including phenoxy) is 1. The molecule has 3 aromatic rings. The Balaban J connectivity index is 1.67. The number of H-pyrrole nitrogens is 1. The van der Waals surface area contributed by atoms with Gasteiger partial charge in [-0.05, 0) is 49.3 Å². The number of hydrogen-bond acceptors (Lipinski definition) is 3. The lowest BCUT2D eigenvalue weighted by Crippen LogP contribution is -2.35. The van der Waals surface area contributed by atoms with Gasteiger partial charge in [-0.3, -0.25) is 4.79 Å². The Morgan fingerprint density at radius 2 is 1.86 bits per heavy atom. The molecule has 0 saturated heterocycles. The second kappa shape index (κ2) is 9.42. The lowest BCUT2D eigenvalue weighted by atomic mass is 10.1. The van der Waals surface area contributed by atoms with Crippen LogP contribution in [0.25, 0.3) is 10.9 Å². The van der Waals surface area contributed by atoms with E-state index >= 15 is 0 Å². The van der Waals surface area contributed by atoms with Crippen molar-refractivity contribution >= 4 is 16.8 Å². The summed E-state index contributed by atoms with van der Waals surface area (Å²) >= 11 is 0. The number of likely N-dealkylation sites (N-methyl/N-ethyl adjacent to an activating group) is 1. The molecule has 0 aliphatic heterocycles. The van der Waals surface area contributed by atoms with Gasteiger partial charge in [-0.2, -0.15) is 0 Å². The second-order valence-electron chi connectivity index (χ2n) is 6.89. The number of fused-ring (bicyclic) bond motifs is 1. The number of aromatic amines is 1.